The van der Waals surface area contributed by atoms with Gasteiger partial charge in [0.05, 0.1) is 11.3 Å². The maximum absolute atomic E-state index is 13.2. The highest BCUT2D eigenvalue weighted by Gasteiger charge is 2.57. The second-order valence-corrected chi connectivity index (χ2v) is 12.2. The lowest BCUT2D eigenvalue weighted by atomic mass is 9.72. The SMILES string of the molecule is C[C@]1(O)CC[C@@H](N2CC3(CN(S(=O)(=O)c4ccc(C(F)(F)F)nc4C4CC4)C3)C2)CC1. The standard InChI is InChI=1S/C21H28F3N3O3S/c1-19(28)8-6-15(7-9-19)26-10-20(11-26)12-27(13-20)31(29,30)16-4-5-17(21(22,23)24)25-18(16)14-2-3-14/h4-5,14-15,28H,2-3,6-13H2,1H3/t15-,19+. The Hall–Kier alpha value is -1.23. The van der Waals surface area contributed by atoms with E-state index in [1.165, 1.54) is 4.31 Å². The molecule has 1 aromatic heterocycles. The second-order valence-electron chi connectivity index (χ2n) is 10.3. The summed E-state index contributed by atoms with van der Waals surface area (Å²) in [4.78, 5) is 6.03. The molecule has 0 amide bonds. The van der Waals surface area contributed by atoms with Gasteiger partial charge in [-0.3, -0.25) is 4.90 Å². The molecule has 2 saturated carbocycles. The summed E-state index contributed by atoms with van der Waals surface area (Å²) < 4.78 is 66.9. The van der Waals surface area contributed by atoms with Crippen LogP contribution in [-0.2, 0) is 16.2 Å². The highest BCUT2D eigenvalue weighted by atomic mass is 32.2. The Balaban J connectivity index is 1.25. The lowest BCUT2D eigenvalue weighted by Crippen LogP contribution is -2.74. The molecule has 0 unspecified atom stereocenters. The topological polar surface area (TPSA) is 73.7 Å². The van der Waals surface area contributed by atoms with Gasteiger partial charge in [0.1, 0.15) is 10.6 Å². The molecule has 4 aliphatic rings. The third-order valence-electron chi connectivity index (χ3n) is 7.41. The maximum atomic E-state index is 13.2. The molecule has 10 heteroatoms. The van der Waals surface area contributed by atoms with E-state index >= 15 is 0 Å². The van der Waals surface area contributed by atoms with E-state index in [4.69, 9.17) is 0 Å². The molecule has 31 heavy (non-hydrogen) atoms. The van der Waals surface area contributed by atoms with Gasteiger partial charge in [-0.2, -0.15) is 17.5 Å². The Morgan fingerprint density at radius 3 is 2.23 bits per heavy atom. The Labute approximate surface area is 180 Å². The van der Waals surface area contributed by atoms with Crippen molar-refractivity contribution in [2.75, 3.05) is 26.2 Å². The first kappa shape index (κ1) is 21.6. The van der Waals surface area contributed by atoms with Crippen molar-refractivity contribution in [2.45, 2.75) is 74.1 Å². The van der Waals surface area contributed by atoms with E-state index in [1.54, 1.807) is 0 Å². The summed E-state index contributed by atoms with van der Waals surface area (Å²) in [5, 5.41) is 10.1. The number of rotatable bonds is 4. The van der Waals surface area contributed by atoms with Gasteiger partial charge < -0.3 is 5.11 Å². The van der Waals surface area contributed by atoms with E-state index in [0.29, 0.717) is 32.0 Å². The van der Waals surface area contributed by atoms with Crippen LogP contribution in [0.3, 0.4) is 0 Å². The van der Waals surface area contributed by atoms with E-state index in [1.807, 2.05) is 6.92 Å². The molecule has 2 aliphatic carbocycles. The number of nitrogens with zero attached hydrogens (tertiary/aromatic N) is 3. The van der Waals surface area contributed by atoms with Crippen molar-refractivity contribution in [1.29, 1.82) is 0 Å². The Morgan fingerprint density at radius 2 is 1.68 bits per heavy atom. The number of alkyl halides is 3. The Morgan fingerprint density at radius 1 is 1.06 bits per heavy atom. The van der Waals surface area contributed by atoms with Gasteiger partial charge in [-0.25, -0.2) is 13.4 Å². The summed E-state index contributed by atoms with van der Waals surface area (Å²) in [5.41, 5.74) is -1.59. The third kappa shape index (κ3) is 3.89. The molecule has 3 heterocycles. The predicted molar refractivity (Wildman–Crippen MR) is 107 cm³/mol. The van der Waals surface area contributed by atoms with E-state index in [2.05, 4.69) is 9.88 Å². The van der Waals surface area contributed by atoms with Crippen molar-refractivity contribution in [1.82, 2.24) is 14.2 Å². The number of aliphatic hydroxyl groups is 1. The van der Waals surface area contributed by atoms with Gasteiger partial charge in [0.2, 0.25) is 10.0 Å². The van der Waals surface area contributed by atoms with Crippen LogP contribution in [0.15, 0.2) is 17.0 Å². The molecular weight excluding hydrogens is 431 g/mol. The number of halogens is 3. The number of sulfonamides is 1. The molecule has 0 aromatic carbocycles. The fourth-order valence-corrected chi connectivity index (χ4v) is 7.24. The van der Waals surface area contributed by atoms with E-state index < -0.39 is 27.5 Å². The molecular formula is C21H28F3N3O3S. The molecule has 4 fully saturated rings. The molecule has 172 valence electrons. The van der Waals surface area contributed by atoms with Crippen LogP contribution in [0, 0.1) is 5.41 Å². The van der Waals surface area contributed by atoms with E-state index in [-0.39, 0.29) is 21.9 Å². The fraction of sp³-hybridized carbons (Fsp3) is 0.762. The van der Waals surface area contributed by atoms with E-state index in [9.17, 15) is 26.7 Å². The first-order valence-electron chi connectivity index (χ1n) is 10.9. The number of pyridine rings is 1. The maximum Gasteiger partial charge on any atom is 0.433 e. The zero-order valence-corrected chi connectivity index (χ0v) is 18.3. The zero-order valence-electron chi connectivity index (χ0n) is 17.5. The van der Waals surface area contributed by atoms with Crippen LogP contribution in [0.5, 0.6) is 0 Å². The molecule has 1 aromatic rings. The van der Waals surface area contributed by atoms with Gasteiger partial charge in [-0.1, -0.05) is 0 Å². The lowest BCUT2D eigenvalue weighted by molar-refractivity contribution is -0.141. The summed E-state index contributed by atoms with van der Waals surface area (Å²) in [7, 11) is -3.85. The molecule has 5 rings (SSSR count). The quantitative estimate of drug-likeness (QED) is 0.750. The van der Waals surface area contributed by atoms with Gasteiger partial charge in [0, 0.05) is 43.6 Å². The molecule has 6 nitrogen and oxygen atoms in total. The van der Waals surface area contributed by atoms with Crippen LogP contribution in [0.1, 0.15) is 62.8 Å². The molecule has 0 bridgehead atoms. The molecule has 0 atom stereocenters. The van der Waals surface area contributed by atoms with Crippen molar-refractivity contribution in [3.63, 3.8) is 0 Å². The van der Waals surface area contributed by atoms with Gasteiger partial charge in [0.25, 0.3) is 0 Å². The summed E-state index contributed by atoms with van der Waals surface area (Å²) >= 11 is 0. The molecule has 2 aliphatic heterocycles. The summed E-state index contributed by atoms with van der Waals surface area (Å²) in [5.74, 6) is -0.204. The summed E-state index contributed by atoms with van der Waals surface area (Å²) in [6.45, 7) is 4.36. The van der Waals surface area contributed by atoms with Crippen LogP contribution in [0.25, 0.3) is 0 Å². The van der Waals surface area contributed by atoms with Crippen molar-refractivity contribution >= 4 is 10.0 Å². The molecule has 2 saturated heterocycles. The Kier molecular flexibility index (Phi) is 4.80. The highest BCUT2D eigenvalue weighted by Crippen LogP contribution is 2.48. The van der Waals surface area contributed by atoms with Crippen LogP contribution < -0.4 is 0 Å². The number of hydrogen-bond donors (Lipinski definition) is 1. The molecule has 1 spiro atoms. The fourth-order valence-electron chi connectivity index (χ4n) is 5.36. The average Bonchev–Trinajstić information content (AvgIpc) is 3.44. The van der Waals surface area contributed by atoms with Gasteiger partial charge in [-0.05, 0) is 57.6 Å². The van der Waals surface area contributed by atoms with Crippen LogP contribution in [0.4, 0.5) is 13.2 Å². The van der Waals surface area contributed by atoms with Crippen molar-refractivity contribution < 1.29 is 26.7 Å². The van der Waals surface area contributed by atoms with Gasteiger partial charge in [-0.15, -0.1) is 0 Å². The van der Waals surface area contributed by atoms with Crippen molar-refractivity contribution in [2.24, 2.45) is 5.41 Å². The minimum Gasteiger partial charge on any atom is -0.390 e. The Bertz CT molecular complexity index is 967. The number of likely N-dealkylation sites (tertiary alicyclic amines) is 1. The second kappa shape index (κ2) is 6.88. The minimum absolute atomic E-state index is 0.0495. The lowest BCUT2D eigenvalue weighted by Gasteiger charge is -2.62. The number of hydrogen-bond acceptors (Lipinski definition) is 5. The van der Waals surface area contributed by atoms with Gasteiger partial charge >= 0.3 is 6.18 Å². The molecule has 0 radical (unpaired) electrons. The van der Waals surface area contributed by atoms with Crippen LogP contribution in [0.2, 0.25) is 0 Å². The number of aromatic nitrogens is 1. The highest BCUT2D eigenvalue weighted by molar-refractivity contribution is 7.89. The monoisotopic (exact) mass is 459 g/mol. The first-order valence-corrected chi connectivity index (χ1v) is 12.4. The minimum atomic E-state index is -4.59. The third-order valence-corrected chi connectivity index (χ3v) is 9.25. The van der Waals surface area contributed by atoms with Crippen molar-refractivity contribution in [3.8, 4) is 0 Å². The molecule has 1 N–H and O–H groups in total. The normalized spacial score (nSPS) is 32.0. The largest absolute Gasteiger partial charge is 0.433 e. The van der Waals surface area contributed by atoms with E-state index in [0.717, 1.165) is 50.9 Å². The summed E-state index contributed by atoms with van der Waals surface area (Å²) in [6, 6.07) is 2.31. The smallest absolute Gasteiger partial charge is 0.390 e. The average molecular weight is 460 g/mol. The predicted octanol–water partition coefficient (Wildman–Crippen LogP) is 2.98. The first-order chi connectivity index (χ1) is 14.4. The van der Waals surface area contributed by atoms with Crippen LogP contribution in [-0.4, -0.2) is 65.5 Å². The van der Waals surface area contributed by atoms with Gasteiger partial charge in [0.15, 0.2) is 0 Å². The zero-order chi connectivity index (χ0) is 22.2. The van der Waals surface area contributed by atoms with Crippen molar-refractivity contribution in [3.05, 3.63) is 23.5 Å². The van der Waals surface area contributed by atoms with Crippen LogP contribution >= 0.6 is 0 Å². The summed E-state index contributed by atoms with van der Waals surface area (Å²) in [6.07, 6.45) is 0.224.